The van der Waals surface area contributed by atoms with Crippen molar-refractivity contribution in [2.45, 2.75) is 25.1 Å². The van der Waals surface area contributed by atoms with Gasteiger partial charge in [0.1, 0.15) is 0 Å². The summed E-state index contributed by atoms with van der Waals surface area (Å²) in [5, 5.41) is 2.16. The first-order valence-corrected chi connectivity index (χ1v) is 9.44. The second-order valence-corrected chi connectivity index (χ2v) is 8.48. The van der Waals surface area contributed by atoms with Crippen LogP contribution in [0.15, 0.2) is 41.8 Å². The van der Waals surface area contributed by atoms with E-state index < -0.39 is 0 Å². The highest BCUT2D eigenvalue weighted by Crippen LogP contribution is 2.40. The van der Waals surface area contributed by atoms with Crippen molar-refractivity contribution in [3.8, 4) is 0 Å². The van der Waals surface area contributed by atoms with Crippen LogP contribution in [0.3, 0.4) is 0 Å². The van der Waals surface area contributed by atoms with Crippen molar-refractivity contribution >= 4 is 48.0 Å². The molecular weight excluding hydrogens is 348 g/mol. The van der Waals surface area contributed by atoms with Gasteiger partial charge in [0.05, 0.1) is 4.83 Å². The van der Waals surface area contributed by atoms with E-state index in [2.05, 4.69) is 71.6 Å². The lowest BCUT2D eigenvalue weighted by atomic mass is 10.0. The number of fused-ring (bicyclic) bond motifs is 1. The Labute approximate surface area is 136 Å². The van der Waals surface area contributed by atoms with Crippen LogP contribution in [0, 0.1) is 5.92 Å². The highest BCUT2D eigenvalue weighted by atomic mass is 79.9. The minimum atomic E-state index is 0.306. The van der Waals surface area contributed by atoms with Crippen LogP contribution in [0.4, 0.5) is 0 Å². The van der Waals surface area contributed by atoms with E-state index in [1.165, 1.54) is 25.4 Å². The lowest BCUT2D eigenvalue weighted by molar-refractivity contribution is 0.647. The molecule has 3 heteroatoms. The number of alkyl halides is 1. The maximum atomic E-state index is 3.85. The van der Waals surface area contributed by atoms with Crippen LogP contribution in [0.25, 0.3) is 9.40 Å². The Kier molecular flexibility index (Phi) is 4.29. The zero-order chi connectivity index (χ0) is 14.1. The zero-order valence-corrected chi connectivity index (χ0v) is 14.8. The van der Waals surface area contributed by atoms with Crippen LogP contribution in [-0.4, -0.2) is 0 Å². The van der Waals surface area contributed by atoms with Gasteiger partial charge in [-0.3, -0.25) is 0 Å². The van der Waals surface area contributed by atoms with Crippen molar-refractivity contribution in [1.29, 1.82) is 0 Å². The molecule has 0 fully saturated rings. The Morgan fingerprint density at radius 3 is 2.45 bits per heavy atom. The van der Waals surface area contributed by atoms with E-state index in [4.69, 9.17) is 0 Å². The largest absolute Gasteiger partial charge is 0.143 e. The SMILES string of the molecule is CC(C)Cc1ccc(C(Br)c2cc3sccc3s2)cc1. The van der Waals surface area contributed by atoms with Crippen molar-refractivity contribution in [1.82, 2.24) is 0 Å². The molecule has 1 aromatic carbocycles. The Balaban J connectivity index is 1.82. The van der Waals surface area contributed by atoms with Gasteiger partial charge in [0, 0.05) is 14.3 Å². The summed E-state index contributed by atoms with van der Waals surface area (Å²) in [6, 6.07) is 13.6. The van der Waals surface area contributed by atoms with Gasteiger partial charge in [-0.15, -0.1) is 22.7 Å². The van der Waals surface area contributed by atoms with Gasteiger partial charge in [0.25, 0.3) is 0 Å². The molecule has 0 nitrogen and oxygen atoms in total. The van der Waals surface area contributed by atoms with E-state index in [0.717, 1.165) is 6.42 Å². The van der Waals surface area contributed by atoms with Crippen molar-refractivity contribution in [3.63, 3.8) is 0 Å². The molecule has 104 valence electrons. The monoisotopic (exact) mass is 364 g/mol. The summed E-state index contributed by atoms with van der Waals surface area (Å²) in [6.07, 6.45) is 1.15. The van der Waals surface area contributed by atoms with E-state index in [0.29, 0.717) is 10.7 Å². The number of hydrogen-bond donors (Lipinski definition) is 0. The highest BCUT2D eigenvalue weighted by Gasteiger charge is 2.14. The summed E-state index contributed by atoms with van der Waals surface area (Å²) in [5.74, 6) is 0.713. The van der Waals surface area contributed by atoms with E-state index in [1.54, 1.807) is 0 Å². The molecule has 1 atom stereocenters. The smallest absolute Gasteiger partial charge is 0.0738 e. The quantitative estimate of drug-likeness (QED) is 0.454. The Bertz CT molecular complexity index is 663. The van der Waals surface area contributed by atoms with Crippen LogP contribution in [0.1, 0.15) is 34.7 Å². The van der Waals surface area contributed by atoms with Crippen molar-refractivity contribution in [2.24, 2.45) is 5.92 Å². The third-order valence-electron chi connectivity index (χ3n) is 3.32. The number of benzene rings is 1. The molecule has 1 unspecified atom stereocenters. The lowest BCUT2D eigenvalue weighted by Gasteiger charge is -2.10. The first-order valence-electron chi connectivity index (χ1n) is 6.83. The molecule has 3 aromatic rings. The van der Waals surface area contributed by atoms with Crippen LogP contribution >= 0.6 is 38.6 Å². The Morgan fingerprint density at radius 2 is 1.80 bits per heavy atom. The van der Waals surface area contributed by atoms with Gasteiger partial charge in [-0.05, 0) is 41.0 Å². The molecule has 2 aromatic heterocycles. The van der Waals surface area contributed by atoms with E-state index in [9.17, 15) is 0 Å². The number of halogens is 1. The number of rotatable bonds is 4. The average molecular weight is 365 g/mol. The fraction of sp³-hybridized carbons (Fsp3) is 0.294. The molecular formula is C17H17BrS2. The van der Waals surface area contributed by atoms with Crippen molar-refractivity contribution in [3.05, 3.63) is 57.8 Å². The van der Waals surface area contributed by atoms with E-state index >= 15 is 0 Å². The van der Waals surface area contributed by atoms with Crippen molar-refractivity contribution in [2.75, 3.05) is 0 Å². The first kappa shape index (κ1) is 14.3. The summed E-state index contributed by atoms with van der Waals surface area (Å²) >= 11 is 7.55. The predicted octanol–water partition coefficient (Wildman–Crippen LogP) is 6.65. The molecule has 0 saturated carbocycles. The molecule has 2 heterocycles. The van der Waals surface area contributed by atoms with Gasteiger partial charge < -0.3 is 0 Å². The zero-order valence-electron chi connectivity index (χ0n) is 11.6. The lowest BCUT2D eigenvalue weighted by Crippen LogP contribution is -1.95. The first-order chi connectivity index (χ1) is 9.63. The minimum absolute atomic E-state index is 0.306. The predicted molar refractivity (Wildman–Crippen MR) is 95.5 cm³/mol. The van der Waals surface area contributed by atoms with Crippen LogP contribution in [-0.2, 0) is 6.42 Å². The summed E-state index contributed by atoms with van der Waals surface area (Å²) in [6.45, 7) is 4.53. The Morgan fingerprint density at radius 1 is 1.05 bits per heavy atom. The van der Waals surface area contributed by atoms with Gasteiger partial charge in [0.2, 0.25) is 0 Å². The number of hydrogen-bond acceptors (Lipinski definition) is 2. The minimum Gasteiger partial charge on any atom is -0.143 e. The molecule has 0 spiro atoms. The van der Waals surface area contributed by atoms with Gasteiger partial charge in [-0.1, -0.05) is 54.0 Å². The van der Waals surface area contributed by atoms with Gasteiger partial charge in [0.15, 0.2) is 0 Å². The summed E-state index contributed by atoms with van der Waals surface area (Å²) in [4.78, 5) is 1.70. The summed E-state index contributed by atoms with van der Waals surface area (Å²) in [7, 11) is 0. The molecule has 0 aliphatic carbocycles. The Hall–Kier alpha value is -0.640. The average Bonchev–Trinajstić information content (AvgIpc) is 2.98. The van der Waals surface area contributed by atoms with Crippen LogP contribution in [0.2, 0.25) is 0 Å². The molecule has 0 radical (unpaired) electrons. The second-order valence-electron chi connectivity index (χ2n) is 5.50. The third-order valence-corrected chi connectivity index (χ3v) is 6.81. The number of thiophene rings is 2. The normalized spacial score (nSPS) is 13.2. The molecule has 0 saturated heterocycles. The standard InChI is InChI=1S/C17H17BrS2/c1-11(2)9-12-3-5-13(6-4-12)17(18)16-10-15-14(20-16)7-8-19-15/h3-8,10-11,17H,9H2,1-2H3. The maximum Gasteiger partial charge on any atom is 0.0738 e. The second kappa shape index (κ2) is 6.00. The van der Waals surface area contributed by atoms with Gasteiger partial charge in [-0.25, -0.2) is 0 Å². The molecule has 20 heavy (non-hydrogen) atoms. The molecule has 3 rings (SSSR count). The fourth-order valence-corrected chi connectivity index (χ4v) is 5.21. The molecule has 0 aliphatic heterocycles. The van der Waals surface area contributed by atoms with Crippen molar-refractivity contribution < 1.29 is 0 Å². The third kappa shape index (κ3) is 3.00. The molecule has 0 N–H and O–H groups in total. The van der Waals surface area contributed by atoms with E-state index in [1.807, 2.05) is 22.7 Å². The van der Waals surface area contributed by atoms with Gasteiger partial charge in [-0.2, -0.15) is 0 Å². The maximum absolute atomic E-state index is 3.85. The van der Waals surface area contributed by atoms with Crippen LogP contribution < -0.4 is 0 Å². The fourth-order valence-electron chi connectivity index (χ4n) is 2.37. The van der Waals surface area contributed by atoms with E-state index in [-0.39, 0.29) is 0 Å². The molecule has 0 aliphatic rings. The van der Waals surface area contributed by atoms with Gasteiger partial charge >= 0.3 is 0 Å². The van der Waals surface area contributed by atoms with Crippen LogP contribution in [0.5, 0.6) is 0 Å². The summed E-state index contributed by atoms with van der Waals surface area (Å²) < 4.78 is 2.79. The highest BCUT2D eigenvalue weighted by molar-refractivity contribution is 9.09. The topological polar surface area (TPSA) is 0 Å². The summed E-state index contributed by atoms with van der Waals surface area (Å²) in [5.41, 5.74) is 2.77. The molecule has 0 amide bonds. The molecule has 0 bridgehead atoms.